The fourth-order valence-electron chi connectivity index (χ4n) is 1.71. The van der Waals surface area contributed by atoms with Gasteiger partial charge in [0, 0.05) is 18.3 Å². The number of aliphatic carboxylic acids is 1. The van der Waals surface area contributed by atoms with Crippen molar-refractivity contribution >= 4 is 11.9 Å². The normalized spacial score (nSPS) is 16.3. The molecule has 1 aromatic heterocycles. The van der Waals surface area contributed by atoms with E-state index in [1.807, 2.05) is 0 Å². The molecule has 1 unspecified atom stereocenters. The lowest BCUT2D eigenvalue weighted by molar-refractivity contribution is -0.137. The van der Waals surface area contributed by atoms with Crippen molar-refractivity contribution in [3.63, 3.8) is 0 Å². The van der Waals surface area contributed by atoms with Crippen LogP contribution in [-0.2, 0) is 4.79 Å². The van der Waals surface area contributed by atoms with Gasteiger partial charge in [0.1, 0.15) is 0 Å². The molecule has 6 nitrogen and oxygen atoms in total. The molecule has 0 amide bonds. The molecule has 1 saturated carbocycles. The van der Waals surface area contributed by atoms with Crippen LogP contribution >= 0.6 is 0 Å². The van der Waals surface area contributed by atoms with Gasteiger partial charge >= 0.3 is 5.97 Å². The van der Waals surface area contributed by atoms with E-state index in [1.165, 1.54) is 7.11 Å². The minimum atomic E-state index is -0.808. The summed E-state index contributed by atoms with van der Waals surface area (Å²) in [4.78, 5) is 18.9. The number of hydrogen-bond acceptors (Lipinski definition) is 5. The van der Waals surface area contributed by atoms with Crippen LogP contribution in [0, 0.1) is 5.92 Å². The first kappa shape index (κ1) is 11.6. The van der Waals surface area contributed by atoms with Gasteiger partial charge in [-0.05, 0) is 18.8 Å². The molecule has 2 rings (SSSR count). The molecule has 1 atom stereocenters. The Balaban J connectivity index is 2.03. The van der Waals surface area contributed by atoms with E-state index >= 15 is 0 Å². The second kappa shape index (κ2) is 4.99. The predicted octanol–water partition coefficient (Wildman–Crippen LogP) is 1.15. The molecule has 1 aromatic rings. The molecule has 1 heterocycles. The van der Waals surface area contributed by atoms with Gasteiger partial charge < -0.3 is 15.2 Å². The number of methoxy groups -OCH3 is 1. The van der Waals surface area contributed by atoms with Gasteiger partial charge in [0.2, 0.25) is 11.8 Å². The molecule has 0 aromatic carbocycles. The molecule has 1 aliphatic carbocycles. The van der Waals surface area contributed by atoms with Crippen LogP contribution in [0.3, 0.4) is 0 Å². The molecule has 0 radical (unpaired) electrons. The van der Waals surface area contributed by atoms with Crippen LogP contribution < -0.4 is 10.1 Å². The quantitative estimate of drug-likeness (QED) is 0.772. The number of carboxylic acid groups (broad SMARTS) is 1. The van der Waals surface area contributed by atoms with Gasteiger partial charge in [-0.15, -0.1) is 0 Å². The average molecular weight is 237 g/mol. The highest BCUT2D eigenvalue weighted by Gasteiger charge is 2.33. The van der Waals surface area contributed by atoms with Crippen molar-refractivity contribution in [2.75, 3.05) is 12.4 Å². The highest BCUT2D eigenvalue weighted by molar-refractivity contribution is 5.68. The Morgan fingerprint density at radius 3 is 3.06 bits per heavy atom. The number of carboxylic acids is 1. The van der Waals surface area contributed by atoms with Crippen molar-refractivity contribution in [2.45, 2.75) is 25.3 Å². The van der Waals surface area contributed by atoms with Crippen LogP contribution in [0.15, 0.2) is 12.3 Å². The summed E-state index contributed by atoms with van der Waals surface area (Å²) in [5.41, 5.74) is 0. The predicted molar refractivity (Wildman–Crippen MR) is 61.0 cm³/mol. The Labute approximate surface area is 99.0 Å². The summed E-state index contributed by atoms with van der Waals surface area (Å²) in [6.07, 6.45) is 3.80. The summed E-state index contributed by atoms with van der Waals surface area (Å²) < 4.78 is 4.99. The number of nitrogens with one attached hydrogen (secondary N) is 1. The number of ether oxygens (including phenoxy) is 1. The molecule has 92 valence electrons. The number of aromatic nitrogens is 2. The van der Waals surface area contributed by atoms with Gasteiger partial charge in [-0.25, -0.2) is 4.98 Å². The van der Waals surface area contributed by atoms with Gasteiger partial charge in [0.25, 0.3) is 0 Å². The van der Waals surface area contributed by atoms with E-state index in [0.717, 1.165) is 12.8 Å². The molecule has 1 aliphatic rings. The molecule has 2 N–H and O–H groups in total. The zero-order valence-electron chi connectivity index (χ0n) is 9.59. The maximum atomic E-state index is 10.7. The molecular formula is C11H15N3O3. The van der Waals surface area contributed by atoms with E-state index in [-0.39, 0.29) is 12.5 Å². The lowest BCUT2D eigenvalue weighted by Crippen LogP contribution is -2.26. The summed E-state index contributed by atoms with van der Waals surface area (Å²) in [6, 6.07) is 1.55. The highest BCUT2D eigenvalue weighted by atomic mass is 16.5. The van der Waals surface area contributed by atoms with Gasteiger partial charge in [-0.3, -0.25) is 4.79 Å². The van der Waals surface area contributed by atoms with Crippen molar-refractivity contribution in [3.8, 4) is 5.88 Å². The van der Waals surface area contributed by atoms with Gasteiger partial charge in [-0.2, -0.15) is 4.98 Å². The minimum absolute atomic E-state index is 0.0885. The van der Waals surface area contributed by atoms with Crippen LogP contribution in [0.2, 0.25) is 0 Å². The van der Waals surface area contributed by atoms with Crippen LogP contribution in [0.5, 0.6) is 5.88 Å². The summed E-state index contributed by atoms with van der Waals surface area (Å²) in [5, 5.41) is 11.9. The van der Waals surface area contributed by atoms with Gasteiger partial charge in [-0.1, -0.05) is 0 Å². The third-order valence-electron chi connectivity index (χ3n) is 2.74. The zero-order valence-corrected chi connectivity index (χ0v) is 9.59. The smallest absolute Gasteiger partial charge is 0.305 e. The molecule has 0 bridgehead atoms. The maximum absolute atomic E-state index is 10.7. The fraction of sp³-hybridized carbons (Fsp3) is 0.545. The summed E-state index contributed by atoms with van der Waals surface area (Å²) in [6.45, 7) is 0. The summed E-state index contributed by atoms with van der Waals surface area (Å²) in [5.74, 6) is 0.494. The van der Waals surface area contributed by atoms with Crippen LogP contribution in [0.4, 0.5) is 5.95 Å². The maximum Gasteiger partial charge on any atom is 0.305 e. The first-order chi connectivity index (χ1) is 8.19. The van der Waals surface area contributed by atoms with Crippen molar-refractivity contribution in [1.29, 1.82) is 0 Å². The first-order valence-electron chi connectivity index (χ1n) is 5.54. The Morgan fingerprint density at radius 2 is 2.47 bits per heavy atom. The van der Waals surface area contributed by atoms with E-state index in [2.05, 4.69) is 15.3 Å². The molecule has 6 heteroatoms. The lowest BCUT2D eigenvalue weighted by Gasteiger charge is -2.16. The third kappa shape index (κ3) is 3.30. The Morgan fingerprint density at radius 1 is 1.71 bits per heavy atom. The SMILES string of the molecule is COc1ccnc(NC(CC(=O)O)C2CC2)n1. The van der Waals surface area contributed by atoms with Gasteiger partial charge in [0.05, 0.1) is 13.5 Å². The molecular weight excluding hydrogens is 222 g/mol. The van der Waals surface area contributed by atoms with Crippen LogP contribution in [0.25, 0.3) is 0 Å². The molecule has 0 aliphatic heterocycles. The van der Waals surface area contributed by atoms with Crippen LogP contribution in [-0.4, -0.2) is 34.2 Å². The third-order valence-corrected chi connectivity index (χ3v) is 2.74. The molecule has 17 heavy (non-hydrogen) atoms. The van der Waals surface area contributed by atoms with Gasteiger partial charge in [0.15, 0.2) is 0 Å². The highest BCUT2D eigenvalue weighted by Crippen LogP contribution is 2.35. The van der Waals surface area contributed by atoms with Crippen LogP contribution in [0.1, 0.15) is 19.3 Å². The second-order valence-electron chi connectivity index (χ2n) is 4.11. The monoisotopic (exact) mass is 237 g/mol. The van der Waals surface area contributed by atoms with Crippen molar-refractivity contribution < 1.29 is 14.6 Å². The standard InChI is InChI=1S/C11H15N3O3/c1-17-9-4-5-12-11(14-9)13-8(6-10(15)16)7-2-3-7/h4-5,7-8H,2-3,6H2,1H3,(H,15,16)(H,12,13,14). The average Bonchev–Trinajstić information content (AvgIpc) is 3.12. The first-order valence-corrected chi connectivity index (χ1v) is 5.54. The fourth-order valence-corrected chi connectivity index (χ4v) is 1.71. The number of carbonyl (C=O) groups is 1. The number of hydrogen-bond donors (Lipinski definition) is 2. The second-order valence-corrected chi connectivity index (χ2v) is 4.11. The topological polar surface area (TPSA) is 84.3 Å². The number of rotatable bonds is 6. The number of nitrogens with zero attached hydrogens (tertiary/aromatic N) is 2. The van der Waals surface area contributed by atoms with E-state index in [1.54, 1.807) is 12.3 Å². The van der Waals surface area contributed by atoms with E-state index < -0.39 is 5.97 Å². The van der Waals surface area contributed by atoms with Crippen molar-refractivity contribution in [3.05, 3.63) is 12.3 Å². The Bertz CT molecular complexity index is 407. The zero-order chi connectivity index (χ0) is 12.3. The lowest BCUT2D eigenvalue weighted by atomic mass is 10.1. The number of anilines is 1. The van der Waals surface area contributed by atoms with Crippen molar-refractivity contribution in [1.82, 2.24) is 9.97 Å². The van der Waals surface area contributed by atoms with E-state index in [4.69, 9.17) is 9.84 Å². The van der Waals surface area contributed by atoms with E-state index in [0.29, 0.717) is 17.7 Å². The Hall–Kier alpha value is -1.85. The summed E-state index contributed by atoms with van der Waals surface area (Å²) >= 11 is 0. The van der Waals surface area contributed by atoms with Crippen molar-refractivity contribution in [2.24, 2.45) is 5.92 Å². The largest absolute Gasteiger partial charge is 0.481 e. The van der Waals surface area contributed by atoms with E-state index in [9.17, 15) is 4.79 Å². The molecule has 0 spiro atoms. The summed E-state index contributed by atoms with van der Waals surface area (Å²) in [7, 11) is 1.53. The molecule has 1 fully saturated rings. The minimum Gasteiger partial charge on any atom is -0.481 e. The molecule has 0 saturated heterocycles. The Kier molecular flexibility index (Phi) is 3.41.